The average molecular weight is 405 g/mol. The van der Waals surface area contributed by atoms with E-state index in [1.165, 1.54) is 11.0 Å². The van der Waals surface area contributed by atoms with Gasteiger partial charge in [-0.1, -0.05) is 18.2 Å². The lowest BCUT2D eigenvalue weighted by Gasteiger charge is -2.34. The molecule has 0 unspecified atom stereocenters. The number of piperazine rings is 1. The standard InChI is InChI=1S/C22H29FN2O4/c1-27-21-8-7-17(13-22(21)28-2)15-29-16-18(26)14-24-9-11-25(12-10-24)20-6-4-3-5-19(20)23/h3-8,13,18,26H,9-12,14-16H2,1-2H3/p+1/t18-/m1/s1. The molecule has 1 aliphatic heterocycles. The Morgan fingerprint density at radius 2 is 1.79 bits per heavy atom. The molecule has 0 aromatic heterocycles. The normalized spacial score (nSPS) is 15.9. The number of hydrogen-bond acceptors (Lipinski definition) is 5. The number of nitrogens with one attached hydrogen (secondary N) is 1. The van der Waals surface area contributed by atoms with E-state index in [9.17, 15) is 9.50 Å². The van der Waals surface area contributed by atoms with Crippen LogP contribution in [0.5, 0.6) is 11.5 Å². The second kappa shape index (κ2) is 10.4. The first-order chi connectivity index (χ1) is 14.1. The number of halogens is 1. The highest BCUT2D eigenvalue weighted by Gasteiger charge is 2.24. The van der Waals surface area contributed by atoms with E-state index in [0.717, 1.165) is 31.7 Å². The fraction of sp³-hybridized carbons (Fsp3) is 0.455. The van der Waals surface area contributed by atoms with Crippen molar-refractivity contribution in [2.45, 2.75) is 12.7 Å². The number of rotatable bonds is 9. The zero-order valence-electron chi connectivity index (χ0n) is 17.1. The monoisotopic (exact) mass is 405 g/mol. The summed E-state index contributed by atoms with van der Waals surface area (Å²) >= 11 is 0. The van der Waals surface area contributed by atoms with E-state index in [1.54, 1.807) is 20.3 Å². The first kappa shape index (κ1) is 21.4. The molecule has 0 spiro atoms. The van der Waals surface area contributed by atoms with Crippen molar-refractivity contribution in [3.63, 3.8) is 0 Å². The SMILES string of the molecule is COc1ccc(COC[C@H](O)C[NH+]2CCN(c3ccccc3F)CC2)cc1OC. The van der Waals surface area contributed by atoms with Crippen molar-refractivity contribution in [3.8, 4) is 11.5 Å². The number of aliphatic hydroxyl groups is 1. The molecule has 0 aliphatic carbocycles. The van der Waals surface area contributed by atoms with Gasteiger partial charge in [-0.05, 0) is 29.8 Å². The number of para-hydroxylation sites is 1. The number of nitrogens with zero attached hydrogens (tertiary/aromatic N) is 1. The van der Waals surface area contributed by atoms with Crippen molar-refractivity contribution < 1.29 is 28.6 Å². The van der Waals surface area contributed by atoms with Gasteiger partial charge in [0.2, 0.25) is 0 Å². The van der Waals surface area contributed by atoms with Gasteiger partial charge in [0.25, 0.3) is 0 Å². The number of aliphatic hydroxyl groups excluding tert-OH is 1. The lowest BCUT2D eigenvalue weighted by molar-refractivity contribution is -0.903. The molecule has 2 aromatic rings. The molecular weight excluding hydrogens is 375 g/mol. The fourth-order valence-electron chi connectivity index (χ4n) is 3.65. The van der Waals surface area contributed by atoms with Gasteiger partial charge in [0, 0.05) is 0 Å². The number of benzene rings is 2. The van der Waals surface area contributed by atoms with Crippen LogP contribution in [0.4, 0.5) is 10.1 Å². The van der Waals surface area contributed by atoms with Crippen LogP contribution in [0.1, 0.15) is 5.56 Å². The second-order valence-electron chi connectivity index (χ2n) is 7.25. The van der Waals surface area contributed by atoms with Gasteiger partial charge in [-0.3, -0.25) is 0 Å². The largest absolute Gasteiger partial charge is 0.493 e. The molecule has 1 heterocycles. The van der Waals surface area contributed by atoms with E-state index in [1.807, 2.05) is 30.3 Å². The predicted molar refractivity (Wildman–Crippen MR) is 109 cm³/mol. The highest BCUT2D eigenvalue weighted by atomic mass is 19.1. The third kappa shape index (κ3) is 5.82. The predicted octanol–water partition coefficient (Wildman–Crippen LogP) is 1.13. The summed E-state index contributed by atoms with van der Waals surface area (Å²) in [4.78, 5) is 3.37. The van der Waals surface area contributed by atoms with Gasteiger partial charge in [0.15, 0.2) is 11.5 Å². The summed E-state index contributed by atoms with van der Waals surface area (Å²) in [7, 11) is 3.20. The van der Waals surface area contributed by atoms with Crippen LogP contribution in [0, 0.1) is 5.82 Å². The molecule has 1 atom stereocenters. The summed E-state index contributed by atoms with van der Waals surface area (Å²) < 4.78 is 30.1. The van der Waals surface area contributed by atoms with E-state index >= 15 is 0 Å². The number of anilines is 1. The minimum Gasteiger partial charge on any atom is -0.493 e. The third-order valence-corrected chi connectivity index (χ3v) is 5.21. The van der Waals surface area contributed by atoms with Crippen molar-refractivity contribution in [1.82, 2.24) is 0 Å². The first-order valence-electron chi connectivity index (χ1n) is 9.90. The molecule has 7 heteroatoms. The topological polar surface area (TPSA) is 55.6 Å². The highest BCUT2D eigenvalue weighted by Crippen LogP contribution is 2.27. The van der Waals surface area contributed by atoms with Crippen molar-refractivity contribution >= 4 is 5.69 Å². The zero-order chi connectivity index (χ0) is 20.6. The molecule has 0 bridgehead atoms. The Hall–Kier alpha value is -2.35. The molecule has 0 amide bonds. The maximum atomic E-state index is 13.9. The number of hydrogen-bond donors (Lipinski definition) is 2. The first-order valence-corrected chi connectivity index (χ1v) is 9.90. The molecular formula is C22H30FN2O4+. The highest BCUT2D eigenvalue weighted by molar-refractivity contribution is 5.47. The number of quaternary nitrogens is 1. The van der Waals surface area contributed by atoms with Crippen LogP contribution in [0.2, 0.25) is 0 Å². The summed E-state index contributed by atoms with van der Waals surface area (Å²) in [5.41, 5.74) is 1.62. The van der Waals surface area contributed by atoms with Crippen LogP contribution >= 0.6 is 0 Å². The Labute approximate surface area is 171 Å². The third-order valence-electron chi connectivity index (χ3n) is 5.21. The van der Waals surface area contributed by atoms with Crippen molar-refractivity contribution in [2.24, 2.45) is 0 Å². The summed E-state index contributed by atoms with van der Waals surface area (Å²) in [6, 6.07) is 12.5. The Kier molecular flexibility index (Phi) is 7.69. The molecule has 2 N–H and O–H groups in total. The molecule has 1 fully saturated rings. The van der Waals surface area contributed by atoms with Crippen LogP contribution in [-0.2, 0) is 11.3 Å². The van der Waals surface area contributed by atoms with Gasteiger partial charge >= 0.3 is 0 Å². The molecule has 158 valence electrons. The Balaban J connectivity index is 1.39. The Morgan fingerprint density at radius 3 is 2.48 bits per heavy atom. The average Bonchev–Trinajstić information content (AvgIpc) is 2.74. The van der Waals surface area contributed by atoms with Gasteiger partial charge in [-0.15, -0.1) is 0 Å². The van der Waals surface area contributed by atoms with Crippen LogP contribution in [0.15, 0.2) is 42.5 Å². The van der Waals surface area contributed by atoms with E-state index in [-0.39, 0.29) is 12.4 Å². The quantitative estimate of drug-likeness (QED) is 0.655. The van der Waals surface area contributed by atoms with Gasteiger partial charge in [-0.2, -0.15) is 0 Å². The van der Waals surface area contributed by atoms with Gasteiger partial charge in [0.1, 0.15) is 18.5 Å². The van der Waals surface area contributed by atoms with Crippen molar-refractivity contribution in [1.29, 1.82) is 0 Å². The Bertz CT molecular complexity index is 781. The molecule has 0 saturated carbocycles. The molecule has 29 heavy (non-hydrogen) atoms. The van der Waals surface area contributed by atoms with E-state index < -0.39 is 6.10 Å². The maximum Gasteiger partial charge on any atom is 0.161 e. The van der Waals surface area contributed by atoms with Crippen LogP contribution in [-0.4, -0.2) is 64.8 Å². The van der Waals surface area contributed by atoms with E-state index in [4.69, 9.17) is 14.2 Å². The molecule has 3 rings (SSSR count). The zero-order valence-corrected chi connectivity index (χ0v) is 17.1. The van der Waals surface area contributed by atoms with Crippen LogP contribution in [0.25, 0.3) is 0 Å². The van der Waals surface area contributed by atoms with E-state index in [0.29, 0.717) is 30.3 Å². The van der Waals surface area contributed by atoms with Gasteiger partial charge in [0.05, 0.1) is 59.3 Å². The summed E-state index contributed by atoms with van der Waals surface area (Å²) in [5, 5.41) is 10.3. The fourth-order valence-corrected chi connectivity index (χ4v) is 3.65. The Morgan fingerprint density at radius 1 is 1.07 bits per heavy atom. The molecule has 1 aliphatic rings. The molecule has 2 aromatic carbocycles. The lowest BCUT2D eigenvalue weighted by atomic mass is 10.2. The summed E-state index contributed by atoms with van der Waals surface area (Å²) in [5.74, 6) is 1.15. The summed E-state index contributed by atoms with van der Waals surface area (Å²) in [6.07, 6.45) is -0.537. The molecule has 0 radical (unpaired) electrons. The molecule has 6 nitrogen and oxygen atoms in total. The minimum atomic E-state index is -0.537. The smallest absolute Gasteiger partial charge is 0.161 e. The minimum absolute atomic E-state index is 0.181. The molecule has 1 saturated heterocycles. The van der Waals surface area contributed by atoms with Crippen LogP contribution < -0.4 is 19.3 Å². The maximum absolute atomic E-state index is 13.9. The van der Waals surface area contributed by atoms with Gasteiger partial charge < -0.3 is 29.1 Å². The van der Waals surface area contributed by atoms with E-state index in [2.05, 4.69) is 4.90 Å². The van der Waals surface area contributed by atoms with Crippen molar-refractivity contribution in [3.05, 3.63) is 53.8 Å². The van der Waals surface area contributed by atoms with Gasteiger partial charge in [-0.25, -0.2) is 4.39 Å². The number of methoxy groups -OCH3 is 2. The van der Waals surface area contributed by atoms with Crippen molar-refractivity contribution in [2.75, 3.05) is 58.5 Å². The number of ether oxygens (including phenoxy) is 3. The van der Waals surface area contributed by atoms with Crippen LogP contribution in [0.3, 0.4) is 0 Å². The second-order valence-corrected chi connectivity index (χ2v) is 7.25. The lowest BCUT2D eigenvalue weighted by Crippen LogP contribution is -3.16. The summed E-state index contributed by atoms with van der Waals surface area (Å²) in [6.45, 7) is 4.56.